The van der Waals surface area contributed by atoms with Crippen LogP contribution in [0.2, 0.25) is 0 Å². The largest absolute Gasteiger partial charge is 0.506 e. The molecule has 0 aliphatic rings. The summed E-state index contributed by atoms with van der Waals surface area (Å²) in [6, 6.07) is 33.3. The fraction of sp³-hybridized carbons (Fsp3) is 0.111. The molecule has 6 heteroatoms. The van der Waals surface area contributed by atoms with Crippen LogP contribution in [0.25, 0.3) is 32.7 Å². The Morgan fingerprint density at radius 2 is 1.29 bits per heavy atom. The maximum Gasteiger partial charge on any atom is 0.232 e. The summed E-state index contributed by atoms with van der Waals surface area (Å²) in [5, 5.41) is 38.9. The molecule has 0 spiro atoms. The fourth-order valence-corrected chi connectivity index (χ4v) is 5.33. The van der Waals surface area contributed by atoms with E-state index in [9.17, 15) is 10.2 Å². The summed E-state index contributed by atoms with van der Waals surface area (Å²) in [6.07, 6.45) is 0. The van der Waals surface area contributed by atoms with Gasteiger partial charge in [0.25, 0.3) is 0 Å². The molecule has 0 saturated heterocycles. The van der Waals surface area contributed by atoms with E-state index in [0.29, 0.717) is 11.4 Å². The predicted octanol–water partition coefficient (Wildman–Crippen LogP) is 10.5. The van der Waals surface area contributed by atoms with Gasteiger partial charge in [-0.15, -0.1) is 10.2 Å². The summed E-state index contributed by atoms with van der Waals surface area (Å²) in [4.78, 5) is 0. The molecule has 42 heavy (non-hydrogen) atoms. The monoisotopic (exact) mass is 551 g/mol. The van der Waals surface area contributed by atoms with E-state index in [0.717, 1.165) is 32.8 Å². The van der Waals surface area contributed by atoms with Crippen LogP contribution < -0.4 is 0 Å². The Labute approximate surface area is 244 Å². The molecule has 206 valence electrons. The zero-order chi connectivity index (χ0) is 29.4. The average Bonchev–Trinajstić information content (AvgIpc) is 2.99. The maximum atomic E-state index is 11.4. The van der Waals surface area contributed by atoms with Gasteiger partial charge in [-0.1, -0.05) is 83.1 Å². The molecule has 0 fully saturated rings. The highest BCUT2D eigenvalue weighted by Gasteiger charge is 2.18. The second-order valence-corrected chi connectivity index (χ2v) is 10.6. The Bertz CT molecular complexity index is 2060. The minimum atomic E-state index is -0.0900. The lowest BCUT2D eigenvalue weighted by Gasteiger charge is -2.11. The Kier molecular flexibility index (Phi) is 6.97. The minimum absolute atomic E-state index is 0.0153. The summed E-state index contributed by atoms with van der Waals surface area (Å²) in [5.74, 6) is -0.0748. The number of azo groups is 3. The van der Waals surface area contributed by atoms with Crippen molar-refractivity contribution in [1.29, 1.82) is 0 Å². The molecule has 6 aromatic carbocycles. The number of hydrogen-bond donors (Lipinski definition) is 2. The van der Waals surface area contributed by atoms with Gasteiger partial charge in [-0.05, 0) is 72.0 Å². The van der Waals surface area contributed by atoms with E-state index < -0.39 is 0 Å². The first-order valence-electron chi connectivity index (χ1n) is 13.8. The number of benzene rings is 6. The minimum Gasteiger partial charge on any atom is -0.506 e. The molecule has 0 unspecified atom stereocenters. The van der Waals surface area contributed by atoms with Gasteiger partial charge in [-0.2, -0.15) is 0 Å². The van der Waals surface area contributed by atoms with Gasteiger partial charge in [0.05, 0.1) is 0 Å². The van der Waals surface area contributed by atoms with Crippen LogP contribution in [0.1, 0.15) is 16.7 Å². The number of aryl methyl sites for hydroxylation is 3. The van der Waals surface area contributed by atoms with Crippen molar-refractivity contribution in [3.05, 3.63) is 120 Å². The lowest BCUT2D eigenvalue weighted by Crippen LogP contribution is -1.96. The van der Waals surface area contributed by atoms with Crippen molar-refractivity contribution < 1.29 is 14.9 Å². The van der Waals surface area contributed by atoms with Crippen molar-refractivity contribution in [2.75, 3.05) is 7.05 Å². The molecule has 0 bridgehead atoms. The number of fused-ring (bicyclic) bond motifs is 2. The van der Waals surface area contributed by atoms with Gasteiger partial charge in [0, 0.05) is 28.0 Å². The molecule has 0 saturated carbocycles. The molecule has 0 aliphatic heterocycles. The van der Waals surface area contributed by atoms with E-state index in [1.54, 1.807) is 10.8 Å². The van der Waals surface area contributed by atoms with Crippen LogP contribution >= 0.6 is 0 Å². The van der Waals surface area contributed by atoms with Crippen LogP contribution in [0.5, 0.6) is 11.5 Å². The second kappa shape index (κ2) is 10.9. The van der Waals surface area contributed by atoms with Crippen molar-refractivity contribution in [2.45, 2.75) is 20.8 Å². The van der Waals surface area contributed by atoms with Crippen molar-refractivity contribution in [3.8, 4) is 22.6 Å². The van der Waals surface area contributed by atoms with Gasteiger partial charge in [0.15, 0.2) is 18.5 Å². The molecule has 2 N–H and O–H groups in total. The van der Waals surface area contributed by atoms with Crippen molar-refractivity contribution in [3.63, 3.8) is 0 Å². The summed E-state index contributed by atoms with van der Waals surface area (Å²) >= 11 is 0. The van der Waals surface area contributed by atoms with Crippen LogP contribution in [0.4, 0.5) is 22.7 Å². The molecule has 0 atom stereocenters. The number of aromatic hydroxyl groups is 2. The lowest BCUT2D eigenvalue weighted by atomic mass is 9.95. The Balaban J connectivity index is 1.43. The van der Waals surface area contributed by atoms with Gasteiger partial charge in [0.2, 0.25) is 5.69 Å². The molecule has 0 heterocycles. The van der Waals surface area contributed by atoms with Gasteiger partial charge in [-0.25, -0.2) is 0 Å². The van der Waals surface area contributed by atoms with E-state index in [2.05, 4.69) is 61.3 Å². The second-order valence-electron chi connectivity index (χ2n) is 10.6. The van der Waals surface area contributed by atoms with E-state index in [1.165, 1.54) is 22.3 Å². The predicted molar refractivity (Wildman–Crippen MR) is 169 cm³/mol. The average molecular weight is 552 g/mol. The number of phenols is 2. The highest BCUT2D eigenvalue weighted by Crippen LogP contribution is 2.45. The van der Waals surface area contributed by atoms with Crippen LogP contribution in [0.15, 0.2) is 118 Å². The summed E-state index contributed by atoms with van der Waals surface area (Å²) < 4.78 is 1.75. The molecule has 0 radical (unpaired) electrons. The summed E-state index contributed by atoms with van der Waals surface area (Å²) in [7, 11) is 1.86. The number of phenolic OH excluding ortho intramolecular Hbond substituents is 2. The molecule has 0 aliphatic carbocycles. The third kappa shape index (κ3) is 4.99. The van der Waals surface area contributed by atoms with Crippen molar-refractivity contribution in [1.82, 2.24) is 0 Å². The van der Waals surface area contributed by atoms with Gasteiger partial charge in [-0.3, -0.25) is 0 Å². The number of rotatable bonds is 5. The van der Waals surface area contributed by atoms with E-state index >= 15 is 0 Å². The molecular formula is C36H31N4O2+. The molecule has 0 amide bonds. The van der Waals surface area contributed by atoms with Crippen LogP contribution in [-0.4, -0.2) is 22.0 Å². The highest BCUT2D eigenvalue weighted by atomic mass is 16.3. The first-order valence-corrected chi connectivity index (χ1v) is 13.8. The van der Waals surface area contributed by atoms with Gasteiger partial charge >= 0.3 is 0 Å². The zero-order valence-corrected chi connectivity index (χ0v) is 24.0. The standard InChI is InChI=1S/C36H30N4O2/c1-22-13-14-23(2)31(19-22)28-17-16-27(20-24(28)3)40(4)39-32-21-26-10-6-8-12-30(26)35(36(32)42)38-37-34-29-11-7-5-9-25(29)15-18-33(34)41/h5-21H,1-4H3,(H,38,39,41)/p+1. The Morgan fingerprint density at radius 1 is 0.595 bits per heavy atom. The van der Waals surface area contributed by atoms with Crippen LogP contribution in [-0.2, 0) is 0 Å². The molecule has 0 aromatic heterocycles. The van der Waals surface area contributed by atoms with E-state index in [4.69, 9.17) is 5.11 Å². The highest BCUT2D eigenvalue weighted by molar-refractivity contribution is 5.99. The molecule has 6 aromatic rings. The van der Waals surface area contributed by atoms with Crippen LogP contribution in [0.3, 0.4) is 0 Å². The quantitative estimate of drug-likeness (QED) is 0.165. The third-order valence-corrected chi connectivity index (χ3v) is 7.63. The normalized spacial score (nSPS) is 12.0. The van der Waals surface area contributed by atoms with Crippen molar-refractivity contribution >= 4 is 44.3 Å². The SMILES string of the molecule is Cc1ccc(C)c(-c2ccc([N+](C)=Nc3cc4ccccc4c(N=Nc4c(O)ccc5ccccc45)c3O)cc2C)c1. The lowest BCUT2D eigenvalue weighted by molar-refractivity contribution is -0.476. The Morgan fingerprint density at radius 3 is 2.05 bits per heavy atom. The van der Waals surface area contributed by atoms with Gasteiger partial charge < -0.3 is 10.2 Å². The summed E-state index contributed by atoms with van der Waals surface area (Å²) in [6.45, 7) is 6.33. The maximum absolute atomic E-state index is 11.4. The molecule has 6 nitrogen and oxygen atoms in total. The molecular weight excluding hydrogens is 520 g/mol. The Hall–Kier alpha value is -5.36. The number of nitrogens with zero attached hydrogens (tertiary/aromatic N) is 4. The van der Waals surface area contributed by atoms with Gasteiger partial charge in [0.1, 0.15) is 17.1 Å². The summed E-state index contributed by atoms with van der Waals surface area (Å²) in [5.41, 5.74) is 7.87. The number of hydrogen-bond acceptors (Lipinski definition) is 5. The van der Waals surface area contributed by atoms with Crippen LogP contribution in [0, 0.1) is 20.8 Å². The first kappa shape index (κ1) is 26.8. The topological polar surface area (TPSA) is 80.5 Å². The third-order valence-electron chi connectivity index (χ3n) is 7.63. The zero-order valence-electron chi connectivity index (χ0n) is 24.0. The smallest absolute Gasteiger partial charge is 0.232 e. The fourth-order valence-electron chi connectivity index (χ4n) is 5.33. The van der Waals surface area contributed by atoms with E-state index in [1.807, 2.05) is 73.8 Å². The first-order chi connectivity index (χ1) is 20.3. The van der Waals surface area contributed by atoms with Crippen molar-refractivity contribution in [2.24, 2.45) is 15.3 Å². The van der Waals surface area contributed by atoms with E-state index in [-0.39, 0.29) is 17.2 Å². The molecule has 6 rings (SSSR count).